The van der Waals surface area contributed by atoms with Crippen LogP contribution in [0, 0.1) is 11.8 Å². The first-order chi connectivity index (χ1) is 13.5. The number of aromatic hydroxyl groups is 1. The number of benzene rings is 2. The first-order valence-electron chi connectivity index (χ1n) is 9.73. The first-order valence-corrected chi connectivity index (χ1v) is 9.73. The van der Waals surface area contributed by atoms with Crippen molar-refractivity contribution in [1.82, 2.24) is 0 Å². The summed E-state index contributed by atoms with van der Waals surface area (Å²) in [5.41, 5.74) is 4.22. The summed E-state index contributed by atoms with van der Waals surface area (Å²) >= 11 is 0. The van der Waals surface area contributed by atoms with Crippen molar-refractivity contribution >= 4 is 17.3 Å². The fourth-order valence-electron chi connectivity index (χ4n) is 4.18. The molecule has 0 bridgehead atoms. The molecule has 1 aliphatic carbocycles. The lowest BCUT2D eigenvalue weighted by Crippen LogP contribution is -2.29. The molecule has 0 spiro atoms. The molecule has 4 rings (SSSR count). The van der Waals surface area contributed by atoms with Crippen molar-refractivity contribution in [3.63, 3.8) is 0 Å². The second kappa shape index (κ2) is 7.23. The molecule has 5 nitrogen and oxygen atoms in total. The van der Waals surface area contributed by atoms with Gasteiger partial charge >= 0.3 is 0 Å². The lowest BCUT2D eigenvalue weighted by atomic mass is 9.77. The van der Waals surface area contributed by atoms with Crippen LogP contribution >= 0.6 is 0 Å². The van der Waals surface area contributed by atoms with Gasteiger partial charge in [-0.05, 0) is 53.8 Å². The van der Waals surface area contributed by atoms with Gasteiger partial charge in [0, 0.05) is 23.2 Å². The SMILES string of the molecule is COc1cc(C2Nc3ccc(NC(=O)C(C)C)cc3C3C=CCC32)ccc1O. The molecule has 5 heteroatoms. The van der Waals surface area contributed by atoms with Crippen LogP contribution in [0.1, 0.15) is 43.4 Å². The fraction of sp³-hybridized carbons (Fsp3) is 0.348. The maximum Gasteiger partial charge on any atom is 0.226 e. The van der Waals surface area contributed by atoms with E-state index in [1.165, 1.54) is 5.56 Å². The lowest BCUT2D eigenvalue weighted by Gasteiger charge is -2.38. The quantitative estimate of drug-likeness (QED) is 0.667. The van der Waals surface area contributed by atoms with Crippen molar-refractivity contribution < 1.29 is 14.6 Å². The molecule has 0 fully saturated rings. The molecule has 2 aliphatic rings. The summed E-state index contributed by atoms with van der Waals surface area (Å²) in [5.74, 6) is 1.27. The van der Waals surface area contributed by atoms with E-state index in [2.05, 4.69) is 28.9 Å². The maximum absolute atomic E-state index is 12.1. The molecule has 2 aromatic rings. The molecular weight excluding hydrogens is 352 g/mol. The highest BCUT2D eigenvalue weighted by Crippen LogP contribution is 2.50. The van der Waals surface area contributed by atoms with Gasteiger partial charge in [0.2, 0.25) is 5.91 Å². The van der Waals surface area contributed by atoms with Crippen molar-refractivity contribution in [3.8, 4) is 11.5 Å². The first kappa shape index (κ1) is 18.4. The molecule has 28 heavy (non-hydrogen) atoms. The molecule has 0 saturated heterocycles. The minimum Gasteiger partial charge on any atom is -0.504 e. The molecule has 1 heterocycles. The van der Waals surface area contributed by atoms with Crippen molar-refractivity contribution in [2.24, 2.45) is 11.8 Å². The second-order valence-electron chi connectivity index (χ2n) is 7.85. The van der Waals surface area contributed by atoms with E-state index in [1.807, 2.05) is 38.1 Å². The third kappa shape index (κ3) is 3.21. The molecule has 1 amide bonds. The predicted molar refractivity (Wildman–Crippen MR) is 111 cm³/mol. The molecule has 3 atom stereocenters. The van der Waals surface area contributed by atoms with Gasteiger partial charge in [-0.3, -0.25) is 4.79 Å². The number of anilines is 2. The van der Waals surface area contributed by atoms with Gasteiger partial charge in [0.05, 0.1) is 13.2 Å². The van der Waals surface area contributed by atoms with Gasteiger partial charge in [-0.2, -0.15) is 0 Å². The fourth-order valence-corrected chi connectivity index (χ4v) is 4.18. The average molecular weight is 378 g/mol. The Balaban J connectivity index is 1.67. The van der Waals surface area contributed by atoms with E-state index >= 15 is 0 Å². The van der Waals surface area contributed by atoms with Crippen LogP contribution in [0.25, 0.3) is 0 Å². The summed E-state index contributed by atoms with van der Waals surface area (Å²) < 4.78 is 5.30. The maximum atomic E-state index is 12.1. The second-order valence-corrected chi connectivity index (χ2v) is 7.85. The Morgan fingerprint density at radius 2 is 2.07 bits per heavy atom. The van der Waals surface area contributed by atoms with Gasteiger partial charge in [-0.15, -0.1) is 0 Å². The Hall–Kier alpha value is -2.95. The molecule has 1 aliphatic heterocycles. The van der Waals surface area contributed by atoms with Crippen LogP contribution in [0.3, 0.4) is 0 Å². The van der Waals surface area contributed by atoms with Crippen LogP contribution in [-0.4, -0.2) is 18.1 Å². The standard InChI is InChI=1S/C23H26N2O3/c1-13(2)23(27)24-15-8-9-19-18(12-15)16-5-4-6-17(16)22(25-19)14-7-10-20(26)21(11-14)28-3/h4-5,7-13,16-17,22,25-26H,6H2,1-3H3,(H,24,27). The predicted octanol–water partition coefficient (Wildman–Crippen LogP) is 4.82. The number of fused-ring (bicyclic) bond motifs is 3. The summed E-state index contributed by atoms with van der Waals surface area (Å²) in [6.07, 6.45) is 5.48. The van der Waals surface area contributed by atoms with Crippen molar-refractivity contribution in [2.75, 3.05) is 17.7 Å². The Kier molecular flexibility index (Phi) is 4.75. The Labute approximate surface area is 165 Å². The summed E-state index contributed by atoms with van der Waals surface area (Å²) in [6.45, 7) is 3.78. The van der Waals surface area contributed by atoms with Crippen LogP contribution in [0.5, 0.6) is 11.5 Å². The van der Waals surface area contributed by atoms with E-state index in [9.17, 15) is 9.90 Å². The van der Waals surface area contributed by atoms with Crippen molar-refractivity contribution in [1.29, 1.82) is 0 Å². The van der Waals surface area contributed by atoms with E-state index in [0.717, 1.165) is 23.4 Å². The largest absolute Gasteiger partial charge is 0.504 e. The van der Waals surface area contributed by atoms with Gasteiger partial charge in [0.15, 0.2) is 11.5 Å². The van der Waals surface area contributed by atoms with Gasteiger partial charge in [0.25, 0.3) is 0 Å². The van der Waals surface area contributed by atoms with Crippen molar-refractivity contribution in [3.05, 3.63) is 59.7 Å². The molecular formula is C23H26N2O3. The van der Waals surface area contributed by atoms with E-state index in [1.54, 1.807) is 13.2 Å². The highest BCUT2D eigenvalue weighted by atomic mass is 16.5. The van der Waals surface area contributed by atoms with Gasteiger partial charge in [0.1, 0.15) is 0 Å². The van der Waals surface area contributed by atoms with Gasteiger partial charge in [-0.25, -0.2) is 0 Å². The van der Waals surface area contributed by atoms with Gasteiger partial charge in [-0.1, -0.05) is 32.1 Å². The van der Waals surface area contributed by atoms with Gasteiger partial charge < -0.3 is 20.5 Å². The number of rotatable bonds is 4. The zero-order valence-electron chi connectivity index (χ0n) is 16.4. The highest BCUT2D eigenvalue weighted by Gasteiger charge is 2.38. The molecule has 0 saturated carbocycles. The number of phenolic OH excluding ortho intramolecular Hbond substituents is 1. The highest BCUT2D eigenvalue weighted by molar-refractivity contribution is 5.92. The third-order valence-electron chi connectivity index (χ3n) is 5.72. The number of carbonyl (C=O) groups is 1. The average Bonchev–Trinajstić information content (AvgIpc) is 3.18. The summed E-state index contributed by atoms with van der Waals surface area (Å²) in [6, 6.07) is 11.7. The zero-order chi connectivity index (χ0) is 19.8. The number of phenols is 1. The zero-order valence-corrected chi connectivity index (χ0v) is 16.4. The topological polar surface area (TPSA) is 70.6 Å². The minimum atomic E-state index is -0.0536. The van der Waals surface area contributed by atoms with Crippen LogP contribution in [0.2, 0.25) is 0 Å². The van der Waals surface area contributed by atoms with Crippen LogP contribution in [0.15, 0.2) is 48.6 Å². The van der Waals surface area contributed by atoms with Crippen LogP contribution < -0.4 is 15.4 Å². The summed E-state index contributed by atoms with van der Waals surface area (Å²) in [5, 5.41) is 16.6. The number of methoxy groups -OCH3 is 1. The number of ether oxygens (including phenoxy) is 1. The van der Waals surface area contributed by atoms with E-state index in [4.69, 9.17) is 4.74 Å². The third-order valence-corrected chi connectivity index (χ3v) is 5.72. The molecule has 2 aromatic carbocycles. The van der Waals surface area contributed by atoms with Crippen LogP contribution in [-0.2, 0) is 4.79 Å². The molecule has 0 aromatic heterocycles. The number of carbonyl (C=O) groups excluding carboxylic acids is 1. The summed E-state index contributed by atoms with van der Waals surface area (Å²) in [4.78, 5) is 12.1. The number of nitrogens with one attached hydrogen (secondary N) is 2. The molecule has 146 valence electrons. The van der Waals surface area contributed by atoms with E-state index < -0.39 is 0 Å². The Morgan fingerprint density at radius 1 is 1.25 bits per heavy atom. The summed E-state index contributed by atoms with van der Waals surface area (Å²) in [7, 11) is 1.56. The Bertz CT molecular complexity index is 935. The monoisotopic (exact) mass is 378 g/mol. The smallest absolute Gasteiger partial charge is 0.226 e. The van der Waals surface area contributed by atoms with Crippen LogP contribution in [0.4, 0.5) is 11.4 Å². The van der Waals surface area contributed by atoms with E-state index in [-0.39, 0.29) is 29.5 Å². The van der Waals surface area contributed by atoms with E-state index in [0.29, 0.717) is 11.7 Å². The number of hydrogen-bond donors (Lipinski definition) is 3. The number of hydrogen-bond acceptors (Lipinski definition) is 4. The Morgan fingerprint density at radius 3 is 2.82 bits per heavy atom. The molecule has 0 radical (unpaired) electrons. The lowest BCUT2D eigenvalue weighted by molar-refractivity contribution is -0.118. The number of allylic oxidation sites excluding steroid dienone is 2. The molecule has 3 unspecified atom stereocenters. The van der Waals surface area contributed by atoms with Crippen molar-refractivity contribution in [2.45, 2.75) is 32.2 Å². The normalized spacial score (nSPS) is 22.4. The number of amides is 1. The minimum absolute atomic E-state index is 0.0243. The molecule has 3 N–H and O–H groups in total.